The smallest absolute Gasteiger partial charge is 0.221 e. The quantitative estimate of drug-likeness (QED) is 0.858. The number of hydrogen-bond donors (Lipinski definition) is 2. The number of thiazole rings is 1. The molecule has 2 rings (SSSR count). The van der Waals surface area contributed by atoms with E-state index in [4.69, 9.17) is 0 Å². The van der Waals surface area contributed by atoms with Crippen LogP contribution in [0.5, 0.6) is 0 Å². The van der Waals surface area contributed by atoms with Gasteiger partial charge in [-0.3, -0.25) is 4.79 Å². The molecule has 2 N–H and O–H groups in total. The first-order valence-corrected chi connectivity index (χ1v) is 7.93. The highest BCUT2D eigenvalue weighted by Crippen LogP contribution is 2.26. The molecule has 0 aliphatic carbocycles. The van der Waals surface area contributed by atoms with Crippen molar-refractivity contribution < 1.29 is 4.79 Å². The molecule has 0 bridgehead atoms. The van der Waals surface area contributed by atoms with Gasteiger partial charge in [0.1, 0.15) is 5.01 Å². The van der Waals surface area contributed by atoms with Crippen LogP contribution in [0.3, 0.4) is 0 Å². The second-order valence-corrected chi connectivity index (χ2v) is 6.15. The lowest BCUT2D eigenvalue weighted by molar-refractivity contribution is -0.114. The molecule has 0 aliphatic rings. The van der Waals surface area contributed by atoms with Crippen LogP contribution in [0.1, 0.15) is 37.8 Å². The zero-order valence-corrected chi connectivity index (χ0v) is 13.5. The third kappa shape index (κ3) is 4.12. The minimum Gasteiger partial charge on any atom is -0.326 e. The van der Waals surface area contributed by atoms with Gasteiger partial charge in [-0.05, 0) is 31.0 Å². The molecule has 21 heavy (non-hydrogen) atoms. The fourth-order valence-electron chi connectivity index (χ4n) is 2.11. The standard InChI is InChI=1S/C16H21N3OS/c1-4-16(3,15-17-8-9-21-15)18-11-13-6-5-7-14(10-13)19-12(2)20/h5-10,18H,4,11H2,1-3H3,(H,19,20)/t16-/m0/s1. The molecular weight excluding hydrogens is 282 g/mol. The molecule has 112 valence electrons. The molecule has 0 saturated carbocycles. The van der Waals surface area contributed by atoms with E-state index in [9.17, 15) is 4.79 Å². The summed E-state index contributed by atoms with van der Waals surface area (Å²) in [4.78, 5) is 15.5. The maximum absolute atomic E-state index is 11.1. The summed E-state index contributed by atoms with van der Waals surface area (Å²) in [7, 11) is 0. The summed E-state index contributed by atoms with van der Waals surface area (Å²) in [5, 5.41) is 9.49. The van der Waals surface area contributed by atoms with E-state index in [0.717, 1.165) is 29.2 Å². The maximum atomic E-state index is 11.1. The van der Waals surface area contributed by atoms with Crippen molar-refractivity contribution in [3.8, 4) is 0 Å². The first kappa shape index (κ1) is 15.7. The molecule has 1 amide bonds. The lowest BCUT2D eigenvalue weighted by Gasteiger charge is -2.27. The minimum atomic E-state index is -0.127. The molecule has 2 aromatic rings. The summed E-state index contributed by atoms with van der Waals surface area (Å²) in [5.74, 6) is -0.0544. The van der Waals surface area contributed by atoms with Crippen LogP contribution in [0.15, 0.2) is 35.8 Å². The zero-order chi connectivity index (χ0) is 15.3. The predicted octanol–water partition coefficient (Wildman–Crippen LogP) is 3.52. The van der Waals surface area contributed by atoms with Crippen LogP contribution in [-0.4, -0.2) is 10.9 Å². The lowest BCUT2D eigenvalue weighted by Crippen LogP contribution is -2.38. The van der Waals surface area contributed by atoms with Crippen LogP contribution < -0.4 is 10.6 Å². The Hall–Kier alpha value is -1.72. The van der Waals surface area contributed by atoms with Crippen molar-refractivity contribution in [2.24, 2.45) is 0 Å². The molecule has 0 fully saturated rings. The van der Waals surface area contributed by atoms with E-state index < -0.39 is 0 Å². The third-order valence-electron chi connectivity index (χ3n) is 3.54. The Morgan fingerprint density at radius 2 is 2.24 bits per heavy atom. The van der Waals surface area contributed by atoms with Crippen molar-refractivity contribution in [3.05, 3.63) is 46.4 Å². The van der Waals surface area contributed by atoms with Crippen LogP contribution in [0.25, 0.3) is 0 Å². The van der Waals surface area contributed by atoms with Gasteiger partial charge in [-0.25, -0.2) is 4.98 Å². The van der Waals surface area contributed by atoms with Gasteiger partial charge in [0.25, 0.3) is 0 Å². The number of nitrogens with one attached hydrogen (secondary N) is 2. The molecule has 0 aliphatic heterocycles. The van der Waals surface area contributed by atoms with Gasteiger partial charge in [0, 0.05) is 30.7 Å². The molecule has 1 heterocycles. The van der Waals surface area contributed by atoms with Gasteiger partial charge in [0.05, 0.1) is 5.54 Å². The Labute approximate surface area is 129 Å². The Bertz CT molecular complexity index is 597. The molecule has 1 aromatic carbocycles. The van der Waals surface area contributed by atoms with E-state index in [0.29, 0.717) is 0 Å². The normalized spacial score (nSPS) is 13.7. The zero-order valence-electron chi connectivity index (χ0n) is 12.6. The number of rotatable bonds is 6. The number of hydrogen-bond acceptors (Lipinski definition) is 4. The molecule has 5 heteroatoms. The van der Waals surface area contributed by atoms with Gasteiger partial charge in [0.15, 0.2) is 0 Å². The molecule has 4 nitrogen and oxygen atoms in total. The third-order valence-corrected chi connectivity index (χ3v) is 4.58. The monoisotopic (exact) mass is 303 g/mol. The molecule has 1 atom stereocenters. The van der Waals surface area contributed by atoms with E-state index in [2.05, 4.69) is 35.5 Å². The first-order chi connectivity index (χ1) is 10.0. The second-order valence-electron chi connectivity index (χ2n) is 5.26. The van der Waals surface area contributed by atoms with Crippen molar-refractivity contribution in [1.82, 2.24) is 10.3 Å². The molecular formula is C16H21N3OS. The highest BCUT2D eigenvalue weighted by atomic mass is 32.1. The van der Waals surface area contributed by atoms with Crippen molar-refractivity contribution in [1.29, 1.82) is 0 Å². The second kappa shape index (κ2) is 6.83. The molecule has 0 radical (unpaired) electrons. The van der Waals surface area contributed by atoms with Gasteiger partial charge in [0.2, 0.25) is 5.91 Å². The summed E-state index contributed by atoms with van der Waals surface area (Å²) < 4.78 is 0. The Morgan fingerprint density at radius 1 is 1.43 bits per heavy atom. The highest BCUT2D eigenvalue weighted by molar-refractivity contribution is 7.09. The molecule has 0 saturated heterocycles. The number of carbonyl (C=O) groups excluding carboxylic acids is 1. The highest BCUT2D eigenvalue weighted by Gasteiger charge is 2.26. The van der Waals surface area contributed by atoms with Crippen LogP contribution in [0, 0.1) is 0 Å². The Balaban J connectivity index is 2.06. The summed E-state index contributed by atoms with van der Waals surface area (Å²) >= 11 is 1.67. The van der Waals surface area contributed by atoms with Gasteiger partial charge >= 0.3 is 0 Å². The van der Waals surface area contributed by atoms with E-state index in [1.807, 2.05) is 29.8 Å². The molecule has 0 unspecified atom stereocenters. The van der Waals surface area contributed by atoms with Gasteiger partial charge in [-0.2, -0.15) is 0 Å². The van der Waals surface area contributed by atoms with Crippen LogP contribution >= 0.6 is 11.3 Å². The number of aromatic nitrogens is 1. The van der Waals surface area contributed by atoms with Crippen LogP contribution in [0.2, 0.25) is 0 Å². The van der Waals surface area contributed by atoms with Crippen LogP contribution in [-0.2, 0) is 16.9 Å². The fraction of sp³-hybridized carbons (Fsp3) is 0.375. The summed E-state index contributed by atoms with van der Waals surface area (Å²) in [6.07, 6.45) is 2.80. The Kier molecular flexibility index (Phi) is 5.09. The van der Waals surface area contributed by atoms with E-state index in [1.165, 1.54) is 6.92 Å². The van der Waals surface area contributed by atoms with E-state index in [-0.39, 0.29) is 11.4 Å². The summed E-state index contributed by atoms with van der Waals surface area (Å²) in [5.41, 5.74) is 1.84. The first-order valence-electron chi connectivity index (χ1n) is 7.05. The van der Waals surface area contributed by atoms with Crippen molar-refractivity contribution in [2.75, 3.05) is 5.32 Å². The number of amides is 1. The number of benzene rings is 1. The number of nitrogens with zero attached hydrogens (tertiary/aromatic N) is 1. The van der Waals surface area contributed by atoms with E-state index in [1.54, 1.807) is 11.3 Å². The maximum Gasteiger partial charge on any atom is 0.221 e. The number of carbonyl (C=O) groups is 1. The predicted molar refractivity (Wildman–Crippen MR) is 87.3 cm³/mol. The summed E-state index contributed by atoms with van der Waals surface area (Å²) in [6, 6.07) is 7.89. The van der Waals surface area contributed by atoms with Gasteiger partial charge < -0.3 is 10.6 Å². The van der Waals surface area contributed by atoms with E-state index >= 15 is 0 Å². The van der Waals surface area contributed by atoms with Gasteiger partial charge in [-0.15, -0.1) is 11.3 Å². The average molecular weight is 303 g/mol. The summed E-state index contributed by atoms with van der Waals surface area (Å²) in [6.45, 7) is 6.57. The SMILES string of the molecule is CC[C@](C)(NCc1cccc(NC(C)=O)c1)c1nccs1. The largest absolute Gasteiger partial charge is 0.326 e. The topological polar surface area (TPSA) is 54.0 Å². The minimum absolute atomic E-state index is 0.0544. The molecule has 0 spiro atoms. The van der Waals surface area contributed by atoms with Crippen molar-refractivity contribution >= 4 is 22.9 Å². The number of anilines is 1. The molecule has 1 aromatic heterocycles. The van der Waals surface area contributed by atoms with Crippen molar-refractivity contribution in [2.45, 2.75) is 39.3 Å². The lowest BCUT2D eigenvalue weighted by atomic mass is 9.99. The van der Waals surface area contributed by atoms with Gasteiger partial charge in [-0.1, -0.05) is 19.1 Å². The average Bonchev–Trinajstić information content (AvgIpc) is 2.99. The van der Waals surface area contributed by atoms with Crippen molar-refractivity contribution in [3.63, 3.8) is 0 Å². The van der Waals surface area contributed by atoms with Crippen LogP contribution in [0.4, 0.5) is 5.69 Å². The Morgan fingerprint density at radius 3 is 2.86 bits per heavy atom. The fourth-order valence-corrected chi connectivity index (χ4v) is 2.96.